The third-order valence-electron chi connectivity index (χ3n) is 2.16. The summed E-state index contributed by atoms with van der Waals surface area (Å²) < 4.78 is 0. The van der Waals surface area contributed by atoms with Crippen molar-refractivity contribution in [1.82, 2.24) is 0 Å². The summed E-state index contributed by atoms with van der Waals surface area (Å²) in [7, 11) is 0. The molecule has 0 saturated carbocycles. The van der Waals surface area contributed by atoms with Gasteiger partial charge in [-0.3, -0.25) is 0 Å². The molecule has 0 aliphatic heterocycles. The molecule has 66 valence electrons. The molecular formula is C9H18O2. The Bertz CT molecular complexity index is 112. The molecule has 0 saturated heterocycles. The van der Waals surface area contributed by atoms with Gasteiger partial charge in [0, 0.05) is 5.92 Å². The Morgan fingerprint density at radius 3 is 2.36 bits per heavy atom. The summed E-state index contributed by atoms with van der Waals surface area (Å²) in [6, 6.07) is 0. The summed E-state index contributed by atoms with van der Waals surface area (Å²) in [5, 5.41) is 9.39. The van der Waals surface area contributed by atoms with Crippen LogP contribution in [0.15, 0.2) is 0 Å². The van der Waals surface area contributed by atoms with Gasteiger partial charge in [-0.15, -0.1) is 0 Å². The molecule has 3 unspecified atom stereocenters. The Labute approximate surface area is 68.6 Å². The fourth-order valence-corrected chi connectivity index (χ4v) is 0.884. The largest absolute Gasteiger partial charge is 0.392 e. The Morgan fingerprint density at radius 1 is 1.45 bits per heavy atom. The molecule has 0 rings (SSSR count). The Kier molecular flexibility index (Phi) is 5.12. The lowest BCUT2D eigenvalue weighted by molar-refractivity contribution is -0.113. The van der Waals surface area contributed by atoms with Crippen LogP contribution in [0.2, 0.25) is 0 Å². The van der Waals surface area contributed by atoms with Crippen molar-refractivity contribution in [2.75, 3.05) is 0 Å². The molecule has 0 bridgehead atoms. The highest BCUT2D eigenvalue weighted by Gasteiger charge is 2.15. The highest BCUT2D eigenvalue weighted by Crippen LogP contribution is 2.14. The van der Waals surface area contributed by atoms with Crippen molar-refractivity contribution in [2.45, 2.75) is 39.7 Å². The number of aliphatic hydroxyl groups is 1. The first-order valence-electron chi connectivity index (χ1n) is 4.25. The molecule has 2 heteroatoms. The number of aliphatic hydroxyl groups excluding tert-OH is 1. The van der Waals surface area contributed by atoms with E-state index in [1.807, 2.05) is 0 Å². The molecule has 0 fully saturated rings. The second kappa shape index (κ2) is 5.30. The van der Waals surface area contributed by atoms with Crippen LogP contribution < -0.4 is 0 Å². The zero-order chi connectivity index (χ0) is 8.85. The first-order valence-corrected chi connectivity index (χ1v) is 4.25. The number of hydrogen-bond donors (Lipinski definition) is 1. The van der Waals surface area contributed by atoms with Gasteiger partial charge in [0.2, 0.25) is 0 Å². The zero-order valence-corrected chi connectivity index (χ0v) is 7.58. The van der Waals surface area contributed by atoms with Crippen molar-refractivity contribution in [2.24, 2.45) is 11.8 Å². The molecule has 0 aromatic carbocycles. The van der Waals surface area contributed by atoms with E-state index in [1.54, 1.807) is 6.92 Å². The first-order chi connectivity index (χ1) is 5.11. The van der Waals surface area contributed by atoms with E-state index in [2.05, 4.69) is 13.8 Å². The molecule has 0 spiro atoms. The van der Waals surface area contributed by atoms with Crippen LogP contribution in [0, 0.1) is 11.8 Å². The van der Waals surface area contributed by atoms with E-state index < -0.39 is 6.10 Å². The molecule has 1 N–H and O–H groups in total. The number of rotatable bonds is 5. The van der Waals surface area contributed by atoms with Gasteiger partial charge in [0.25, 0.3) is 0 Å². The van der Waals surface area contributed by atoms with E-state index in [1.165, 1.54) is 0 Å². The average Bonchev–Trinajstić information content (AvgIpc) is 2.02. The van der Waals surface area contributed by atoms with Crippen molar-refractivity contribution < 1.29 is 9.90 Å². The first kappa shape index (κ1) is 10.6. The van der Waals surface area contributed by atoms with Gasteiger partial charge in [0.05, 0.1) is 6.10 Å². The quantitative estimate of drug-likeness (QED) is 0.617. The van der Waals surface area contributed by atoms with Crippen LogP contribution in [-0.2, 0) is 4.79 Å². The summed E-state index contributed by atoms with van der Waals surface area (Å²) in [5.41, 5.74) is 0. The predicted octanol–water partition coefficient (Wildman–Crippen LogP) is 1.62. The van der Waals surface area contributed by atoms with Crippen molar-refractivity contribution in [3.05, 3.63) is 0 Å². The van der Waals surface area contributed by atoms with E-state index in [0.29, 0.717) is 5.92 Å². The van der Waals surface area contributed by atoms with Gasteiger partial charge in [-0.1, -0.05) is 27.2 Å². The van der Waals surface area contributed by atoms with E-state index >= 15 is 0 Å². The maximum absolute atomic E-state index is 10.3. The second-order valence-corrected chi connectivity index (χ2v) is 3.31. The summed E-state index contributed by atoms with van der Waals surface area (Å²) >= 11 is 0. The molecule has 2 nitrogen and oxygen atoms in total. The summed E-state index contributed by atoms with van der Waals surface area (Å²) in [5.74, 6) is 0.288. The normalized spacial score (nSPS) is 18.9. The summed E-state index contributed by atoms with van der Waals surface area (Å²) in [6.07, 6.45) is 2.15. The zero-order valence-electron chi connectivity index (χ0n) is 7.58. The van der Waals surface area contributed by atoms with E-state index in [-0.39, 0.29) is 5.92 Å². The fourth-order valence-electron chi connectivity index (χ4n) is 0.884. The van der Waals surface area contributed by atoms with Gasteiger partial charge in [-0.25, -0.2) is 0 Å². The number of hydrogen-bond acceptors (Lipinski definition) is 2. The van der Waals surface area contributed by atoms with Gasteiger partial charge < -0.3 is 9.90 Å². The minimum atomic E-state index is -0.456. The number of aldehydes is 1. The fraction of sp³-hybridized carbons (Fsp3) is 0.889. The number of carbonyl (C=O) groups excluding carboxylic acids is 1. The van der Waals surface area contributed by atoms with Crippen molar-refractivity contribution in [1.29, 1.82) is 0 Å². The average molecular weight is 158 g/mol. The molecule has 0 amide bonds. The molecule has 0 aliphatic carbocycles. The minimum absolute atomic E-state index is 0.219. The summed E-state index contributed by atoms with van der Waals surface area (Å²) in [4.78, 5) is 10.3. The molecule has 0 aromatic heterocycles. The maximum Gasteiger partial charge on any atom is 0.125 e. The van der Waals surface area contributed by atoms with Gasteiger partial charge in [0.1, 0.15) is 6.29 Å². The SMILES string of the molecule is CCC(C)CC(O)C(C)C=O. The van der Waals surface area contributed by atoms with Crippen LogP contribution in [0.5, 0.6) is 0 Å². The van der Waals surface area contributed by atoms with Crippen LogP contribution in [0.1, 0.15) is 33.6 Å². The molecular weight excluding hydrogens is 140 g/mol. The molecule has 0 aromatic rings. The molecule has 11 heavy (non-hydrogen) atoms. The van der Waals surface area contributed by atoms with Crippen LogP contribution >= 0.6 is 0 Å². The van der Waals surface area contributed by atoms with Gasteiger partial charge in [-0.2, -0.15) is 0 Å². The van der Waals surface area contributed by atoms with E-state index in [4.69, 9.17) is 0 Å². The second-order valence-electron chi connectivity index (χ2n) is 3.31. The van der Waals surface area contributed by atoms with Crippen molar-refractivity contribution in [3.63, 3.8) is 0 Å². The van der Waals surface area contributed by atoms with E-state index in [0.717, 1.165) is 19.1 Å². The Balaban J connectivity index is 3.66. The maximum atomic E-state index is 10.3. The topological polar surface area (TPSA) is 37.3 Å². The lowest BCUT2D eigenvalue weighted by Crippen LogP contribution is -2.21. The van der Waals surface area contributed by atoms with E-state index in [9.17, 15) is 9.90 Å². The third kappa shape index (κ3) is 4.14. The molecule has 3 atom stereocenters. The highest BCUT2D eigenvalue weighted by atomic mass is 16.3. The predicted molar refractivity (Wildman–Crippen MR) is 45.3 cm³/mol. The lowest BCUT2D eigenvalue weighted by Gasteiger charge is -2.16. The Hall–Kier alpha value is -0.370. The van der Waals surface area contributed by atoms with Crippen LogP contribution in [0.25, 0.3) is 0 Å². The van der Waals surface area contributed by atoms with Gasteiger partial charge >= 0.3 is 0 Å². The smallest absolute Gasteiger partial charge is 0.125 e. The minimum Gasteiger partial charge on any atom is -0.392 e. The van der Waals surface area contributed by atoms with Gasteiger partial charge in [0.15, 0.2) is 0 Å². The Morgan fingerprint density at radius 2 is 2.00 bits per heavy atom. The number of carbonyl (C=O) groups is 1. The van der Waals surface area contributed by atoms with Gasteiger partial charge in [-0.05, 0) is 12.3 Å². The molecule has 0 aliphatic rings. The highest BCUT2D eigenvalue weighted by molar-refractivity contribution is 5.53. The summed E-state index contributed by atoms with van der Waals surface area (Å²) in [6.45, 7) is 5.92. The molecule has 0 radical (unpaired) electrons. The molecule has 0 heterocycles. The third-order valence-corrected chi connectivity index (χ3v) is 2.16. The van der Waals surface area contributed by atoms with Crippen LogP contribution in [0.3, 0.4) is 0 Å². The standard InChI is InChI=1S/C9H18O2/c1-4-7(2)5-9(11)8(3)6-10/h6-9,11H,4-5H2,1-3H3. The monoisotopic (exact) mass is 158 g/mol. The lowest BCUT2D eigenvalue weighted by atomic mass is 9.94. The van der Waals surface area contributed by atoms with Crippen molar-refractivity contribution in [3.8, 4) is 0 Å². The van der Waals surface area contributed by atoms with Crippen LogP contribution in [-0.4, -0.2) is 17.5 Å². The van der Waals surface area contributed by atoms with Crippen molar-refractivity contribution >= 4 is 6.29 Å². The van der Waals surface area contributed by atoms with Crippen LogP contribution in [0.4, 0.5) is 0 Å².